The number of benzene rings is 2. The predicted octanol–water partition coefficient (Wildman–Crippen LogP) is 7.00. The summed E-state index contributed by atoms with van der Waals surface area (Å²) in [5.41, 5.74) is 6.62. The van der Waals surface area contributed by atoms with Gasteiger partial charge < -0.3 is 0 Å². The number of rotatable bonds is 3. The number of pyridine rings is 2. The van der Waals surface area contributed by atoms with Crippen molar-refractivity contribution in [1.29, 1.82) is 0 Å². The highest BCUT2D eigenvalue weighted by molar-refractivity contribution is 9.11. The van der Waals surface area contributed by atoms with Crippen molar-refractivity contribution in [3.05, 3.63) is 94.4 Å². The van der Waals surface area contributed by atoms with Crippen LogP contribution in [0, 0.1) is 0 Å². The molecule has 0 aliphatic carbocycles. The van der Waals surface area contributed by atoms with E-state index in [-0.39, 0.29) is 0 Å². The molecule has 126 valence electrons. The molecule has 2 aromatic carbocycles. The van der Waals surface area contributed by atoms with Gasteiger partial charge in [-0.25, -0.2) is 0 Å². The van der Waals surface area contributed by atoms with Gasteiger partial charge in [0.1, 0.15) is 0 Å². The third kappa shape index (κ3) is 3.22. The number of aromatic nitrogens is 2. The normalized spacial score (nSPS) is 10.7. The zero-order valence-corrected chi connectivity index (χ0v) is 16.9. The molecule has 2 aromatic heterocycles. The van der Waals surface area contributed by atoms with E-state index >= 15 is 0 Å². The molecule has 0 bridgehead atoms. The highest BCUT2D eigenvalue weighted by Gasteiger charge is 2.19. The number of halogens is 2. The van der Waals surface area contributed by atoms with E-state index in [4.69, 9.17) is 0 Å². The fourth-order valence-corrected chi connectivity index (χ4v) is 4.38. The molecule has 0 aliphatic heterocycles. The molecule has 26 heavy (non-hydrogen) atoms. The van der Waals surface area contributed by atoms with Crippen LogP contribution < -0.4 is 0 Å². The molecule has 4 heteroatoms. The quantitative estimate of drug-likeness (QED) is 0.325. The Morgan fingerprint density at radius 3 is 1.38 bits per heavy atom. The zero-order chi connectivity index (χ0) is 17.9. The van der Waals surface area contributed by atoms with Gasteiger partial charge in [0.15, 0.2) is 0 Å². The molecule has 0 spiro atoms. The summed E-state index contributed by atoms with van der Waals surface area (Å²) in [5, 5.41) is 0. The molecule has 0 N–H and O–H groups in total. The van der Waals surface area contributed by atoms with Gasteiger partial charge in [0.2, 0.25) is 0 Å². The maximum Gasteiger partial charge on any atom is 0.0448 e. The van der Waals surface area contributed by atoms with Crippen molar-refractivity contribution >= 4 is 31.9 Å². The van der Waals surface area contributed by atoms with Crippen LogP contribution in [0.25, 0.3) is 33.4 Å². The molecular weight excluding hydrogens is 452 g/mol. The van der Waals surface area contributed by atoms with Crippen molar-refractivity contribution in [1.82, 2.24) is 9.97 Å². The molecule has 0 unspecified atom stereocenters. The summed E-state index contributed by atoms with van der Waals surface area (Å²) in [6.45, 7) is 0. The van der Waals surface area contributed by atoms with Crippen molar-refractivity contribution < 1.29 is 0 Å². The molecule has 2 heterocycles. The Kier molecular flexibility index (Phi) is 4.96. The standard InChI is InChI=1S/C22H14Br2N2/c23-19-13-26-14-20(24)22(19)21-17(15-7-3-1-4-8-15)11-25-12-18(21)16-9-5-2-6-10-16/h1-14H. The average molecular weight is 466 g/mol. The molecule has 4 aromatic rings. The third-order valence-corrected chi connectivity index (χ3v) is 5.42. The summed E-state index contributed by atoms with van der Waals surface area (Å²) < 4.78 is 1.87. The van der Waals surface area contributed by atoms with Crippen LogP contribution in [0.5, 0.6) is 0 Å². The summed E-state index contributed by atoms with van der Waals surface area (Å²) in [6, 6.07) is 20.7. The fourth-order valence-electron chi connectivity index (χ4n) is 3.05. The number of hydrogen-bond acceptors (Lipinski definition) is 2. The highest BCUT2D eigenvalue weighted by Crippen LogP contribution is 2.44. The van der Waals surface area contributed by atoms with E-state index in [2.05, 4.69) is 66.1 Å². The lowest BCUT2D eigenvalue weighted by Gasteiger charge is -2.17. The lowest BCUT2D eigenvalue weighted by atomic mass is 9.90. The van der Waals surface area contributed by atoms with E-state index in [9.17, 15) is 0 Å². The Labute approximate surface area is 169 Å². The van der Waals surface area contributed by atoms with Crippen LogP contribution >= 0.6 is 31.9 Å². The molecule has 0 atom stereocenters. The smallest absolute Gasteiger partial charge is 0.0448 e. The van der Waals surface area contributed by atoms with Gasteiger partial charge in [0.25, 0.3) is 0 Å². The van der Waals surface area contributed by atoms with Gasteiger partial charge >= 0.3 is 0 Å². The van der Waals surface area contributed by atoms with E-state index in [1.165, 1.54) is 0 Å². The molecule has 0 radical (unpaired) electrons. The van der Waals surface area contributed by atoms with Gasteiger partial charge in [0, 0.05) is 56.0 Å². The van der Waals surface area contributed by atoms with Gasteiger partial charge in [-0.05, 0) is 43.0 Å². The maximum atomic E-state index is 4.54. The van der Waals surface area contributed by atoms with Crippen LogP contribution in [-0.4, -0.2) is 9.97 Å². The van der Waals surface area contributed by atoms with Gasteiger partial charge in [-0.2, -0.15) is 0 Å². The second-order valence-electron chi connectivity index (χ2n) is 5.82. The van der Waals surface area contributed by atoms with Crippen molar-refractivity contribution in [2.24, 2.45) is 0 Å². The molecule has 0 saturated carbocycles. The minimum atomic E-state index is 0.937. The van der Waals surface area contributed by atoms with Crippen molar-refractivity contribution in [2.75, 3.05) is 0 Å². The minimum Gasteiger partial charge on any atom is -0.263 e. The first kappa shape index (κ1) is 17.1. The van der Waals surface area contributed by atoms with E-state index in [0.717, 1.165) is 42.3 Å². The summed E-state index contributed by atoms with van der Waals surface area (Å²) in [4.78, 5) is 8.80. The summed E-state index contributed by atoms with van der Waals surface area (Å²) in [7, 11) is 0. The summed E-state index contributed by atoms with van der Waals surface area (Å²) in [6.07, 6.45) is 7.50. The van der Waals surface area contributed by atoms with Crippen LogP contribution in [0.4, 0.5) is 0 Å². The van der Waals surface area contributed by atoms with Gasteiger partial charge in [-0.1, -0.05) is 60.7 Å². The van der Waals surface area contributed by atoms with Crippen molar-refractivity contribution in [2.45, 2.75) is 0 Å². The molecule has 0 aliphatic rings. The maximum absolute atomic E-state index is 4.54. The first-order valence-corrected chi connectivity index (χ1v) is 9.72. The Hall–Kier alpha value is -2.30. The number of hydrogen-bond donors (Lipinski definition) is 0. The SMILES string of the molecule is Brc1cncc(Br)c1-c1c(-c2ccccc2)cncc1-c1ccccc1. The molecule has 0 fully saturated rings. The van der Waals surface area contributed by atoms with Gasteiger partial charge in [0.05, 0.1) is 0 Å². The largest absolute Gasteiger partial charge is 0.263 e. The lowest BCUT2D eigenvalue weighted by Crippen LogP contribution is -1.94. The predicted molar refractivity (Wildman–Crippen MR) is 114 cm³/mol. The Bertz CT molecular complexity index is 970. The minimum absolute atomic E-state index is 0.937. The van der Waals surface area contributed by atoms with E-state index in [1.54, 1.807) is 0 Å². The van der Waals surface area contributed by atoms with Crippen LogP contribution in [0.15, 0.2) is 94.4 Å². The fraction of sp³-hybridized carbons (Fsp3) is 0. The van der Waals surface area contributed by atoms with Gasteiger partial charge in [-0.3, -0.25) is 9.97 Å². The monoisotopic (exact) mass is 464 g/mol. The Balaban J connectivity index is 2.09. The van der Waals surface area contributed by atoms with E-state index < -0.39 is 0 Å². The topological polar surface area (TPSA) is 25.8 Å². The second kappa shape index (κ2) is 7.52. The molecule has 2 nitrogen and oxygen atoms in total. The highest BCUT2D eigenvalue weighted by atomic mass is 79.9. The second-order valence-corrected chi connectivity index (χ2v) is 7.53. The van der Waals surface area contributed by atoms with E-state index in [0.29, 0.717) is 0 Å². The average Bonchev–Trinajstić information content (AvgIpc) is 2.69. The van der Waals surface area contributed by atoms with Crippen LogP contribution in [0.2, 0.25) is 0 Å². The molecule has 4 rings (SSSR count). The molecule has 0 saturated heterocycles. The summed E-state index contributed by atoms with van der Waals surface area (Å²) >= 11 is 7.37. The first-order chi connectivity index (χ1) is 12.8. The molecular formula is C22H14Br2N2. The van der Waals surface area contributed by atoms with Crippen molar-refractivity contribution in [3.8, 4) is 33.4 Å². The lowest BCUT2D eigenvalue weighted by molar-refractivity contribution is 1.28. The number of nitrogens with zero attached hydrogens (tertiary/aromatic N) is 2. The molecule has 0 amide bonds. The Morgan fingerprint density at radius 1 is 0.500 bits per heavy atom. The Morgan fingerprint density at radius 2 is 0.923 bits per heavy atom. The first-order valence-electron chi connectivity index (χ1n) is 8.14. The van der Waals surface area contributed by atoms with Crippen LogP contribution in [0.1, 0.15) is 0 Å². The van der Waals surface area contributed by atoms with E-state index in [1.807, 2.05) is 61.2 Å². The third-order valence-electron chi connectivity index (χ3n) is 4.22. The van der Waals surface area contributed by atoms with Crippen LogP contribution in [0.3, 0.4) is 0 Å². The summed E-state index contributed by atoms with van der Waals surface area (Å²) in [5.74, 6) is 0. The van der Waals surface area contributed by atoms with Crippen LogP contribution in [-0.2, 0) is 0 Å². The zero-order valence-electron chi connectivity index (χ0n) is 13.7. The van der Waals surface area contributed by atoms with Gasteiger partial charge in [-0.15, -0.1) is 0 Å². The van der Waals surface area contributed by atoms with Crippen molar-refractivity contribution in [3.63, 3.8) is 0 Å².